The molecule has 1 unspecified atom stereocenters. The Bertz CT molecular complexity index is 1260. The molecule has 0 aliphatic carbocycles. The molecule has 11 heteroatoms. The summed E-state index contributed by atoms with van der Waals surface area (Å²) in [6, 6.07) is 1.51. The van der Waals surface area contributed by atoms with Gasteiger partial charge in [-0.2, -0.15) is 5.10 Å². The summed E-state index contributed by atoms with van der Waals surface area (Å²) in [6.07, 6.45) is 10.00. The van der Waals surface area contributed by atoms with Gasteiger partial charge >= 0.3 is 12.1 Å². The van der Waals surface area contributed by atoms with Crippen molar-refractivity contribution in [3.05, 3.63) is 47.4 Å². The van der Waals surface area contributed by atoms with E-state index in [-0.39, 0.29) is 18.7 Å². The number of nitrogens with zero attached hydrogens (tertiary/aromatic N) is 6. The molecule has 0 radical (unpaired) electrons. The van der Waals surface area contributed by atoms with Gasteiger partial charge in [0, 0.05) is 37.6 Å². The van der Waals surface area contributed by atoms with E-state index in [1.807, 2.05) is 45.9 Å². The number of anilines is 1. The van der Waals surface area contributed by atoms with Crippen LogP contribution in [-0.2, 0) is 9.47 Å². The van der Waals surface area contributed by atoms with Crippen LogP contribution in [0.1, 0.15) is 57.8 Å². The van der Waals surface area contributed by atoms with Gasteiger partial charge in [0.1, 0.15) is 17.0 Å². The van der Waals surface area contributed by atoms with E-state index in [2.05, 4.69) is 32.0 Å². The molecule has 1 fully saturated rings. The second-order valence-corrected chi connectivity index (χ2v) is 9.86. The fourth-order valence-corrected chi connectivity index (χ4v) is 4.22. The lowest BCUT2D eigenvalue weighted by Crippen LogP contribution is -2.36. The lowest BCUT2D eigenvalue weighted by molar-refractivity contribution is 0.0511. The number of esters is 1. The fraction of sp³-hybridized carbons (Fsp3) is 0.481. The molecule has 0 aromatic carbocycles. The molecule has 2 aromatic heterocycles. The van der Waals surface area contributed by atoms with Crippen molar-refractivity contribution >= 4 is 36.5 Å². The van der Waals surface area contributed by atoms with E-state index >= 15 is 0 Å². The Morgan fingerprint density at radius 1 is 1.37 bits per heavy atom. The van der Waals surface area contributed by atoms with Crippen molar-refractivity contribution in [2.75, 3.05) is 25.1 Å². The number of allylic oxidation sites excluding steroid dienone is 1. The van der Waals surface area contributed by atoms with Crippen LogP contribution in [0.5, 0.6) is 0 Å². The first-order valence-electron chi connectivity index (χ1n) is 12.7. The van der Waals surface area contributed by atoms with Gasteiger partial charge in [-0.05, 0) is 66.3 Å². The van der Waals surface area contributed by atoms with Gasteiger partial charge in [-0.15, -0.1) is 0 Å². The Kier molecular flexibility index (Phi) is 9.38. The van der Waals surface area contributed by atoms with Gasteiger partial charge in [-0.3, -0.25) is 9.98 Å². The molecule has 1 amide bonds. The van der Waals surface area contributed by atoms with E-state index in [9.17, 15) is 9.59 Å². The van der Waals surface area contributed by atoms with Crippen LogP contribution in [0, 0.1) is 0 Å². The van der Waals surface area contributed by atoms with Gasteiger partial charge in [0.25, 0.3) is 0 Å². The van der Waals surface area contributed by atoms with Crippen molar-refractivity contribution in [1.82, 2.24) is 19.9 Å². The van der Waals surface area contributed by atoms with E-state index in [0.29, 0.717) is 22.7 Å². The van der Waals surface area contributed by atoms with E-state index in [1.54, 1.807) is 30.9 Å². The highest BCUT2D eigenvalue weighted by Gasteiger charge is 2.30. The van der Waals surface area contributed by atoms with Gasteiger partial charge in [0.05, 0.1) is 24.5 Å². The molecule has 204 valence electrons. The highest BCUT2D eigenvalue weighted by molar-refractivity contribution is 5.95. The van der Waals surface area contributed by atoms with Crippen LogP contribution in [0.15, 0.2) is 51.9 Å². The first kappa shape index (κ1) is 28.5. The number of hydrogen-bond donors (Lipinski definition) is 1. The predicted octanol–water partition coefficient (Wildman–Crippen LogP) is 4.00. The number of ether oxygens (including phenoxy) is 2. The summed E-state index contributed by atoms with van der Waals surface area (Å²) in [4.78, 5) is 40.0. The number of aliphatic imine (C=N–C) groups is 2. The number of carbonyl (C=O) groups excluding carboxylic acids is 2. The Morgan fingerprint density at radius 2 is 2.13 bits per heavy atom. The van der Waals surface area contributed by atoms with Gasteiger partial charge in [-0.25, -0.2) is 19.1 Å². The molecule has 3 rings (SSSR count). The lowest BCUT2D eigenvalue weighted by atomic mass is 10.0. The third-order valence-electron chi connectivity index (χ3n) is 5.78. The average molecular weight is 524 g/mol. The SMILES string of the molecule is C=NC(/C=C/[C@@H](C)NC(=O)OC(C)(C)C)=C(\C=N/C)C1CCCN1c1ccn2ncc(C(=O)OCC)c2n1. The number of amides is 1. The molecule has 3 heterocycles. The van der Waals surface area contributed by atoms with Gasteiger partial charge in [0.15, 0.2) is 5.65 Å². The van der Waals surface area contributed by atoms with Crippen molar-refractivity contribution in [2.45, 2.75) is 65.1 Å². The summed E-state index contributed by atoms with van der Waals surface area (Å²) in [7, 11) is 1.71. The summed E-state index contributed by atoms with van der Waals surface area (Å²) in [6.45, 7) is 13.9. The zero-order chi connectivity index (χ0) is 27.9. The summed E-state index contributed by atoms with van der Waals surface area (Å²) < 4.78 is 12.0. The van der Waals surface area contributed by atoms with Crippen LogP contribution < -0.4 is 10.2 Å². The molecule has 0 saturated carbocycles. The maximum absolute atomic E-state index is 12.4. The van der Waals surface area contributed by atoms with Crippen LogP contribution in [0.2, 0.25) is 0 Å². The zero-order valence-corrected chi connectivity index (χ0v) is 23.0. The van der Waals surface area contributed by atoms with Crippen molar-refractivity contribution in [2.24, 2.45) is 9.98 Å². The van der Waals surface area contributed by atoms with E-state index in [1.165, 1.54) is 6.20 Å². The molecule has 1 saturated heterocycles. The summed E-state index contributed by atoms with van der Waals surface area (Å²) in [5.41, 5.74) is 1.69. The lowest BCUT2D eigenvalue weighted by Gasteiger charge is -2.27. The van der Waals surface area contributed by atoms with Crippen molar-refractivity contribution in [3.8, 4) is 0 Å². The smallest absolute Gasteiger partial charge is 0.408 e. The number of aromatic nitrogens is 3. The quantitative estimate of drug-likeness (QED) is 0.299. The third-order valence-corrected chi connectivity index (χ3v) is 5.78. The first-order valence-corrected chi connectivity index (χ1v) is 12.7. The molecule has 2 atom stereocenters. The van der Waals surface area contributed by atoms with Crippen LogP contribution in [0.3, 0.4) is 0 Å². The molecular weight excluding hydrogens is 486 g/mol. The zero-order valence-electron chi connectivity index (χ0n) is 23.0. The molecule has 0 bridgehead atoms. The second kappa shape index (κ2) is 12.5. The molecule has 38 heavy (non-hydrogen) atoms. The number of nitrogens with one attached hydrogen (secondary N) is 1. The van der Waals surface area contributed by atoms with E-state index in [4.69, 9.17) is 14.5 Å². The molecule has 2 aromatic rings. The maximum atomic E-state index is 12.4. The Labute approximate surface area is 223 Å². The number of alkyl carbamates (subject to hydrolysis) is 1. The van der Waals surface area contributed by atoms with Gasteiger partial charge < -0.3 is 19.7 Å². The standard InChI is InChI=1S/C27H37N7O4/c1-8-37-25(35)20-17-30-34-15-13-23(32-24(20)34)33-14-9-10-22(33)19(16-28-6)21(29-7)12-11-18(2)31-26(36)38-27(3,4)5/h11-13,15-18,22H,7-10,14H2,1-6H3,(H,31,36)/b12-11+,21-19+,28-16-/t18-,22?/m1/s1. The van der Waals surface area contributed by atoms with Crippen LogP contribution in [-0.4, -0.2) is 77.5 Å². The number of rotatable bonds is 9. The highest BCUT2D eigenvalue weighted by atomic mass is 16.6. The normalized spacial score (nSPS) is 17.6. The Hall–Kier alpha value is -4.02. The van der Waals surface area contributed by atoms with Crippen molar-refractivity contribution in [1.29, 1.82) is 0 Å². The number of carbonyl (C=O) groups is 2. The van der Waals surface area contributed by atoms with E-state index < -0.39 is 17.7 Å². The topological polar surface area (TPSA) is 123 Å². The van der Waals surface area contributed by atoms with Crippen molar-refractivity contribution in [3.63, 3.8) is 0 Å². The monoisotopic (exact) mass is 523 g/mol. The minimum absolute atomic E-state index is 0.0677. The van der Waals surface area contributed by atoms with E-state index in [0.717, 1.165) is 25.0 Å². The van der Waals surface area contributed by atoms with Crippen molar-refractivity contribution < 1.29 is 19.1 Å². The minimum atomic E-state index is -0.580. The number of hydrogen-bond acceptors (Lipinski definition) is 9. The molecule has 1 aliphatic heterocycles. The second-order valence-electron chi connectivity index (χ2n) is 9.86. The van der Waals surface area contributed by atoms with Crippen LogP contribution in [0.25, 0.3) is 5.65 Å². The summed E-state index contributed by atoms with van der Waals surface area (Å²) >= 11 is 0. The molecular formula is C27H37N7O4. The summed E-state index contributed by atoms with van der Waals surface area (Å²) in [5, 5.41) is 7.02. The van der Waals surface area contributed by atoms with Crippen LogP contribution in [0.4, 0.5) is 10.6 Å². The Balaban J connectivity index is 1.90. The number of fused-ring (bicyclic) bond motifs is 1. The molecule has 1 aliphatic rings. The van der Waals surface area contributed by atoms with Gasteiger partial charge in [0.2, 0.25) is 0 Å². The minimum Gasteiger partial charge on any atom is -0.462 e. The van der Waals surface area contributed by atoms with Crippen LogP contribution >= 0.6 is 0 Å². The average Bonchev–Trinajstić information content (AvgIpc) is 3.49. The fourth-order valence-electron chi connectivity index (χ4n) is 4.22. The predicted molar refractivity (Wildman–Crippen MR) is 148 cm³/mol. The molecule has 11 nitrogen and oxygen atoms in total. The third kappa shape index (κ3) is 7.05. The largest absolute Gasteiger partial charge is 0.462 e. The first-order chi connectivity index (χ1) is 18.1. The highest BCUT2D eigenvalue weighted by Crippen LogP contribution is 2.30. The molecule has 0 spiro atoms. The molecule has 1 N–H and O–H groups in total. The summed E-state index contributed by atoms with van der Waals surface area (Å²) in [5.74, 6) is 0.251. The maximum Gasteiger partial charge on any atom is 0.408 e. The Morgan fingerprint density at radius 3 is 2.79 bits per heavy atom. The van der Waals surface area contributed by atoms with Gasteiger partial charge in [-0.1, -0.05) is 6.08 Å².